The van der Waals surface area contributed by atoms with E-state index in [1.165, 1.54) is 4.88 Å². The Bertz CT molecular complexity index is 620. The number of nitrogens with zero attached hydrogens (tertiary/aromatic N) is 3. The van der Waals surface area contributed by atoms with Crippen molar-refractivity contribution in [3.05, 3.63) is 32.9 Å². The first-order chi connectivity index (χ1) is 10.5. The van der Waals surface area contributed by atoms with E-state index in [2.05, 4.69) is 32.5 Å². The van der Waals surface area contributed by atoms with Crippen LogP contribution in [-0.2, 0) is 13.0 Å². The molecule has 0 spiro atoms. The lowest BCUT2D eigenvalue weighted by Gasteiger charge is -2.09. The third kappa shape index (κ3) is 4.30. The zero-order valence-corrected chi connectivity index (χ0v) is 14.6. The van der Waals surface area contributed by atoms with Gasteiger partial charge in [0.05, 0.1) is 22.9 Å². The quantitative estimate of drug-likeness (QED) is 0.653. The predicted octanol–water partition coefficient (Wildman–Crippen LogP) is 2.27. The molecule has 0 aromatic carbocycles. The molecule has 0 aliphatic rings. The molecule has 7 heteroatoms. The summed E-state index contributed by atoms with van der Waals surface area (Å²) in [4.78, 5) is 14.3. The summed E-state index contributed by atoms with van der Waals surface area (Å²) < 4.78 is 5.53. The lowest BCUT2D eigenvalue weighted by atomic mass is 10.4. The van der Waals surface area contributed by atoms with E-state index < -0.39 is 0 Å². The maximum absolute atomic E-state index is 5.53. The van der Waals surface area contributed by atoms with Crippen LogP contribution in [0.15, 0.2) is 9.41 Å². The molecule has 2 aromatic rings. The lowest BCUT2D eigenvalue weighted by Crippen LogP contribution is -2.37. The summed E-state index contributed by atoms with van der Waals surface area (Å²) in [6.07, 6.45) is 0.886. The Kier molecular flexibility index (Phi) is 5.54. The average Bonchev–Trinajstić information content (AvgIpc) is 2.97. The number of nitrogens with one attached hydrogen (secondary N) is 2. The van der Waals surface area contributed by atoms with Crippen molar-refractivity contribution < 1.29 is 4.42 Å². The van der Waals surface area contributed by atoms with Crippen LogP contribution in [0, 0.1) is 27.7 Å². The fourth-order valence-corrected chi connectivity index (χ4v) is 2.86. The van der Waals surface area contributed by atoms with Crippen LogP contribution < -0.4 is 10.6 Å². The highest BCUT2D eigenvalue weighted by Gasteiger charge is 2.07. The Morgan fingerprint density at radius 1 is 1.14 bits per heavy atom. The van der Waals surface area contributed by atoms with Gasteiger partial charge in [-0.3, -0.25) is 4.99 Å². The summed E-state index contributed by atoms with van der Waals surface area (Å²) in [5.74, 6) is 2.26. The van der Waals surface area contributed by atoms with Crippen molar-refractivity contribution in [2.45, 2.75) is 40.7 Å². The van der Waals surface area contributed by atoms with Crippen LogP contribution >= 0.6 is 11.3 Å². The van der Waals surface area contributed by atoms with E-state index in [1.54, 1.807) is 18.4 Å². The zero-order valence-electron chi connectivity index (χ0n) is 13.8. The van der Waals surface area contributed by atoms with Gasteiger partial charge in [-0.1, -0.05) is 0 Å². The van der Waals surface area contributed by atoms with Gasteiger partial charge in [-0.15, -0.1) is 11.3 Å². The molecule has 0 fully saturated rings. The van der Waals surface area contributed by atoms with Crippen LogP contribution in [-0.4, -0.2) is 29.5 Å². The first-order valence-corrected chi connectivity index (χ1v) is 8.11. The largest absolute Gasteiger partial charge is 0.444 e. The number of rotatable bonds is 5. The van der Waals surface area contributed by atoms with Gasteiger partial charge in [-0.2, -0.15) is 0 Å². The minimum Gasteiger partial charge on any atom is -0.444 e. The maximum Gasteiger partial charge on any atom is 0.214 e. The number of thiazole rings is 1. The normalized spacial score (nSPS) is 11.8. The number of hydrogen-bond donors (Lipinski definition) is 2. The zero-order chi connectivity index (χ0) is 16.1. The topological polar surface area (TPSA) is 75.3 Å². The summed E-state index contributed by atoms with van der Waals surface area (Å²) in [5.41, 5.74) is 2.05. The fourth-order valence-electron chi connectivity index (χ4n) is 1.93. The molecule has 0 radical (unpaired) electrons. The monoisotopic (exact) mass is 321 g/mol. The van der Waals surface area contributed by atoms with Crippen molar-refractivity contribution in [1.29, 1.82) is 0 Å². The first-order valence-electron chi connectivity index (χ1n) is 7.30. The molecule has 2 heterocycles. The number of hydrogen-bond acceptors (Lipinski definition) is 5. The second-order valence-corrected chi connectivity index (χ2v) is 6.39. The van der Waals surface area contributed by atoms with Crippen LogP contribution in [0.1, 0.15) is 32.9 Å². The minimum atomic E-state index is 0.518. The van der Waals surface area contributed by atoms with E-state index in [0.29, 0.717) is 12.4 Å². The maximum atomic E-state index is 5.53. The van der Waals surface area contributed by atoms with E-state index in [4.69, 9.17) is 4.42 Å². The van der Waals surface area contributed by atoms with E-state index in [9.17, 15) is 0 Å². The SMILES string of the molecule is CN=C(NCCc1nc(C)c(C)s1)NCc1nc(C)c(C)o1. The van der Waals surface area contributed by atoms with Crippen LogP contribution in [0.3, 0.4) is 0 Å². The second kappa shape index (κ2) is 7.40. The Morgan fingerprint density at radius 2 is 1.91 bits per heavy atom. The van der Waals surface area contributed by atoms with Crippen LogP contribution in [0.25, 0.3) is 0 Å². The van der Waals surface area contributed by atoms with E-state index >= 15 is 0 Å². The molecular weight excluding hydrogens is 298 g/mol. The first kappa shape index (κ1) is 16.5. The third-order valence-electron chi connectivity index (χ3n) is 3.41. The van der Waals surface area contributed by atoms with Gasteiger partial charge in [0.25, 0.3) is 0 Å². The molecule has 2 aromatic heterocycles. The molecule has 120 valence electrons. The highest BCUT2D eigenvalue weighted by atomic mass is 32.1. The molecule has 0 aliphatic heterocycles. The average molecular weight is 321 g/mol. The molecule has 0 amide bonds. The molecule has 2 N–H and O–H groups in total. The molecule has 2 rings (SSSR count). The molecule has 0 saturated carbocycles. The van der Waals surface area contributed by atoms with Gasteiger partial charge in [0, 0.05) is 24.9 Å². The molecular formula is C15H23N5OS. The van der Waals surface area contributed by atoms with Crippen molar-refractivity contribution in [1.82, 2.24) is 20.6 Å². The Morgan fingerprint density at radius 3 is 2.45 bits per heavy atom. The highest BCUT2D eigenvalue weighted by Crippen LogP contribution is 2.16. The van der Waals surface area contributed by atoms with Crippen molar-refractivity contribution in [2.75, 3.05) is 13.6 Å². The molecule has 0 atom stereocenters. The minimum absolute atomic E-state index is 0.518. The molecule has 22 heavy (non-hydrogen) atoms. The van der Waals surface area contributed by atoms with Crippen molar-refractivity contribution >= 4 is 17.3 Å². The smallest absolute Gasteiger partial charge is 0.214 e. The summed E-state index contributed by atoms with van der Waals surface area (Å²) in [7, 11) is 1.75. The van der Waals surface area contributed by atoms with Gasteiger partial charge in [-0.05, 0) is 27.7 Å². The van der Waals surface area contributed by atoms with Gasteiger partial charge in [0.1, 0.15) is 5.76 Å². The van der Waals surface area contributed by atoms with Gasteiger partial charge >= 0.3 is 0 Å². The van der Waals surface area contributed by atoms with Crippen molar-refractivity contribution in [2.24, 2.45) is 4.99 Å². The number of aromatic nitrogens is 2. The Hall–Kier alpha value is -1.89. The van der Waals surface area contributed by atoms with E-state index in [-0.39, 0.29) is 0 Å². The van der Waals surface area contributed by atoms with Crippen LogP contribution in [0.5, 0.6) is 0 Å². The third-order valence-corrected chi connectivity index (χ3v) is 4.54. The van der Waals surface area contributed by atoms with E-state index in [1.807, 2.05) is 20.8 Å². The van der Waals surface area contributed by atoms with Gasteiger partial charge < -0.3 is 15.1 Å². The van der Waals surface area contributed by atoms with Gasteiger partial charge in [0.2, 0.25) is 5.89 Å². The van der Waals surface area contributed by atoms with Gasteiger partial charge in [0.15, 0.2) is 5.96 Å². The van der Waals surface area contributed by atoms with Crippen LogP contribution in [0.4, 0.5) is 0 Å². The van der Waals surface area contributed by atoms with Gasteiger partial charge in [-0.25, -0.2) is 9.97 Å². The second-order valence-electron chi connectivity index (χ2n) is 5.10. The predicted molar refractivity (Wildman–Crippen MR) is 89.5 cm³/mol. The number of aryl methyl sites for hydroxylation is 4. The lowest BCUT2D eigenvalue weighted by molar-refractivity contribution is 0.464. The summed E-state index contributed by atoms with van der Waals surface area (Å²) in [6.45, 7) is 9.30. The molecule has 0 unspecified atom stereocenters. The number of guanidine groups is 1. The number of aliphatic imine (C=N–C) groups is 1. The summed E-state index contributed by atoms with van der Waals surface area (Å²) in [5, 5.41) is 7.62. The van der Waals surface area contributed by atoms with E-state index in [0.717, 1.165) is 41.1 Å². The van der Waals surface area contributed by atoms with Crippen molar-refractivity contribution in [3.8, 4) is 0 Å². The molecule has 6 nitrogen and oxygen atoms in total. The molecule has 0 saturated heterocycles. The standard InChI is InChI=1S/C15H23N5OS/c1-9-11(3)21-13(19-9)8-18-15(16-5)17-7-6-14-20-10(2)12(4)22-14/h6-8H2,1-5H3,(H2,16,17,18). The molecule has 0 bridgehead atoms. The number of oxazole rings is 1. The van der Waals surface area contributed by atoms with Crippen molar-refractivity contribution in [3.63, 3.8) is 0 Å². The summed E-state index contributed by atoms with van der Waals surface area (Å²) >= 11 is 1.75. The Labute approximate surface area is 135 Å². The van der Waals surface area contributed by atoms with Crippen LogP contribution in [0.2, 0.25) is 0 Å². The summed E-state index contributed by atoms with van der Waals surface area (Å²) in [6, 6.07) is 0. The fraction of sp³-hybridized carbons (Fsp3) is 0.533. The Balaban J connectivity index is 1.77. The molecule has 0 aliphatic carbocycles. The highest BCUT2D eigenvalue weighted by molar-refractivity contribution is 7.11.